The Hall–Kier alpha value is -2.92. The molecule has 0 aliphatic carbocycles. The SMILES string of the molecule is CCc1nnc2c(Cc3ccc(F)cc3)cc3c(n12)C(C)(C)CN3C(=O)CN1C[C@@H](C)NC[C@@H]1CN1CCOC[C@H]1C. The molecule has 10 heteroatoms. The van der Waals surface area contributed by atoms with Crippen molar-refractivity contribution >= 4 is 17.2 Å². The van der Waals surface area contributed by atoms with Gasteiger partial charge in [0.05, 0.1) is 31.1 Å². The van der Waals surface area contributed by atoms with Gasteiger partial charge < -0.3 is 15.0 Å². The average molecular weight is 578 g/mol. The number of nitrogens with one attached hydrogen (secondary N) is 1. The van der Waals surface area contributed by atoms with Crippen LogP contribution in [0.3, 0.4) is 0 Å². The molecular formula is C32H44FN7O2. The molecule has 1 N–H and O–H groups in total. The summed E-state index contributed by atoms with van der Waals surface area (Å²) in [5.74, 6) is 0.755. The zero-order chi connectivity index (χ0) is 29.6. The van der Waals surface area contributed by atoms with Crippen LogP contribution in [-0.4, -0.2) is 101 Å². The van der Waals surface area contributed by atoms with Crippen LogP contribution in [0.1, 0.15) is 57.3 Å². The molecule has 2 fully saturated rings. The second kappa shape index (κ2) is 11.6. The first-order valence-corrected chi connectivity index (χ1v) is 15.4. The van der Waals surface area contributed by atoms with Crippen LogP contribution in [0.4, 0.5) is 10.1 Å². The largest absolute Gasteiger partial charge is 0.379 e. The number of piperazine rings is 1. The Morgan fingerprint density at radius 3 is 2.69 bits per heavy atom. The van der Waals surface area contributed by atoms with E-state index in [1.54, 1.807) is 0 Å². The second-order valence-electron chi connectivity index (χ2n) is 13.0. The Morgan fingerprint density at radius 1 is 1.17 bits per heavy atom. The molecule has 3 atom stereocenters. The summed E-state index contributed by atoms with van der Waals surface area (Å²) in [6, 6.07) is 9.67. The number of hydrogen-bond acceptors (Lipinski definition) is 7. The molecule has 0 saturated carbocycles. The van der Waals surface area contributed by atoms with Gasteiger partial charge in [-0.15, -0.1) is 10.2 Å². The van der Waals surface area contributed by atoms with E-state index < -0.39 is 0 Å². The van der Waals surface area contributed by atoms with Crippen molar-refractivity contribution < 1.29 is 13.9 Å². The van der Waals surface area contributed by atoms with E-state index in [0.717, 1.165) is 79.8 Å². The summed E-state index contributed by atoms with van der Waals surface area (Å²) in [4.78, 5) is 21.1. The smallest absolute Gasteiger partial charge is 0.241 e. The maximum absolute atomic E-state index is 14.3. The number of carbonyl (C=O) groups excluding carboxylic acids is 1. The van der Waals surface area contributed by atoms with Crippen LogP contribution in [0.15, 0.2) is 30.3 Å². The molecule has 3 aromatic rings. The molecule has 226 valence electrons. The second-order valence-corrected chi connectivity index (χ2v) is 13.0. The van der Waals surface area contributed by atoms with E-state index in [1.165, 1.54) is 12.1 Å². The number of aromatic nitrogens is 3. The van der Waals surface area contributed by atoms with Crippen molar-refractivity contribution in [2.24, 2.45) is 0 Å². The van der Waals surface area contributed by atoms with Crippen LogP contribution in [-0.2, 0) is 27.8 Å². The summed E-state index contributed by atoms with van der Waals surface area (Å²) >= 11 is 0. The minimum Gasteiger partial charge on any atom is -0.379 e. The maximum Gasteiger partial charge on any atom is 0.241 e. The van der Waals surface area contributed by atoms with Crippen molar-refractivity contribution in [3.63, 3.8) is 0 Å². The van der Waals surface area contributed by atoms with Crippen LogP contribution >= 0.6 is 0 Å². The van der Waals surface area contributed by atoms with Gasteiger partial charge in [-0.05, 0) is 37.6 Å². The van der Waals surface area contributed by atoms with E-state index >= 15 is 0 Å². The molecule has 0 bridgehead atoms. The monoisotopic (exact) mass is 577 g/mol. The van der Waals surface area contributed by atoms with Gasteiger partial charge in [-0.3, -0.25) is 19.0 Å². The van der Waals surface area contributed by atoms with E-state index in [4.69, 9.17) is 4.74 Å². The first-order valence-electron chi connectivity index (χ1n) is 15.4. The number of hydrogen-bond donors (Lipinski definition) is 1. The number of carbonyl (C=O) groups is 1. The predicted molar refractivity (Wildman–Crippen MR) is 162 cm³/mol. The number of ether oxygens (including phenoxy) is 1. The van der Waals surface area contributed by atoms with Crippen LogP contribution in [0.5, 0.6) is 0 Å². The van der Waals surface area contributed by atoms with Crippen molar-refractivity contribution in [2.75, 3.05) is 57.4 Å². The van der Waals surface area contributed by atoms with Crippen LogP contribution in [0, 0.1) is 5.82 Å². The van der Waals surface area contributed by atoms with E-state index in [1.807, 2.05) is 17.0 Å². The molecule has 0 radical (unpaired) electrons. The van der Waals surface area contributed by atoms with Gasteiger partial charge in [0, 0.05) is 74.7 Å². The fourth-order valence-corrected chi connectivity index (χ4v) is 6.95. The molecular weight excluding hydrogens is 533 g/mol. The quantitative estimate of drug-likeness (QED) is 0.463. The third kappa shape index (κ3) is 5.57. The molecule has 42 heavy (non-hydrogen) atoms. The molecule has 0 unspecified atom stereocenters. The highest BCUT2D eigenvalue weighted by Crippen LogP contribution is 2.42. The number of pyridine rings is 1. The van der Waals surface area contributed by atoms with Gasteiger partial charge in [-0.1, -0.05) is 32.9 Å². The number of fused-ring (bicyclic) bond motifs is 3. The minimum atomic E-state index is -0.274. The molecule has 3 aliphatic heterocycles. The van der Waals surface area contributed by atoms with Gasteiger partial charge in [0.25, 0.3) is 0 Å². The number of rotatable bonds is 7. The van der Waals surface area contributed by atoms with Crippen molar-refractivity contribution in [1.29, 1.82) is 0 Å². The highest BCUT2D eigenvalue weighted by molar-refractivity contribution is 5.98. The number of nitrogens with zero attached hydrogens (tertiary/aromatic N) is 6. The Morgan fingerprint density at radius 2 is 1.95 bits per heavy atom. The summed E-state index contributed by atoms with van der Waals surface area (Å²) in [6.07, 6.45) is 1.31. The van der Waals surface area contributed by atoms with Crippen molar-refractivity contribution in [1.82, 2.24) is 29.7 Å². The number of anilines is 1. The predicted octanol–water partition coefficient (Wildman–Crippen LogP) is 3.03. The lowest BCUT2D eigenvalue weighted by atomic mass is 9.90. The van der Waals surface area contributed by atoms with Crippen molar-refractivity contribution in [3.8, 4) is 0 Å². The van der Waals surface area contributed by atoms with E-state index in [0.29, 0.717) is 31.6 Å². The molecule has 2 aromatic heterocycles. The maximum atomic E-state index is 14.3. The first-order chi connectivity index (χ1) is 20.1. The molecule has 3 aliphatic rings. The number of aryl methyl sites for hydroxylation is 1. The van der Waals surface area contributed by atoms with Gasteiger partial charge in [-0.2, -0.15) is 0 Å². The summed E-state index contributed by atoms with van der Waals surface area (Å²) < 4.78 is 21.5. The molecule has 9 nitrogen and oxygen atoms in total. The van der Waals surface area contributed by atoms with E-state index in [-0.39, 0.29) is 23.2 Å². The summed E-state index contributed by atoms with van der Waals surface area (Å²) in [5.41, 5.74) is 4.53. The lowest BCUT2D eigenvalue weighted by Crippen LogP contribution is -2.62. The zero-order valence-corrected chi connectivity index (χ0v) is 25.6. The Bertz CT molecular complexity index is 1440. The first kappa shape index (κ1) is 29.2. The third-order valence-corrected chi connectivity index (χ3v) is 9.22. The molecule has 0 spiro atoms. The minimum absolute atomic E-state index is 0.120. The van der Waals surface area contributed by atoms with Gasteiger partial charge in [-0.25, -0.2) is 4.39 Å². The number of benzene rings is 1. The van der Waals surface area contributed by atoms with Crippen molar-refractivity contribution in [2.45, 2.75) is 71.0 Å². The van der Waals surface area contributed by atoms with Gasteiger partial charge in [0.1, 0.15) is 11.6 Å². The number of amides is 1. The lowest BCUT2D eigenvalue weighted by Gasteiger charge is -2.43. The van der Waals surface area contributed by atoms with Crippen molar-refractivity contribution in [3.05, 3.63) is 58.8 Å². The highest BCUT2D eigenvalue weighted by Gasteiger charge is 2.42. The zero-order valence-electron chi connectivity index (χ0n) is 25.6. The fraction of sp³-hybridized carbons (Fsp3) is 0.594. The van der Waals surface area contributed by atoms with Crippen LogP contribution in [0.25, 0.3) is 5.65 Å². The molecule has 1 amide bonds. The normalized spacial score (nSPS) is 24.8. The topological polar surface area (TPSA) is 78.2 Å². The van der Waals surface area contributed by atoms with Crippen LogP contribution < -0.4 is 10.2 Å². The Kier molecular flexibility index (Phi) is 8.08. The Labute approximate surface area is 248 Å². The lowest BCUT2D eigenvalue weighted by molar-refractivity contribution is -0.121. The standard InChI is InChI=1S/C32H44FN7O2/c1-6-28-35-36-31-24(13-23-7-9-25(33)10-8-23)14-27-30(40(28)31)32(4,5)20-39(27)29(41)18-38-16-21(2)34-15-26(38)17-37-11-12-42-19-22(37)3/h7-10,14,21-22,26,34H,6,11-13,15-20H2,1-5H3/t21-,22-,26-/m1/s1. The average Bonchev–Trinajstić information content (AvgIpc) is 3.50. The molecule has 6 rings (SSSR count). The number of morpholine rings is 1. The molecule has 1 aromatic carbocycles. The highest BCUT2D eigenvalue weighted by atomic mass is 19.1. The van der Waals surface area contributed by atoms with E-state index in [2.05, 4.69) is 70.4 Å². The van der Waals surface area contributed by atoms with Gasteiger partial charge in [0.15, 0.2) is 5.65 Å². The summed E-state index contributed by atoms with van der Waals surface area (Å²) in [6.45, 7) is 16.9. The number of halogens is 1. The van der Waals surface area contributed by atoms with Gasteiger partial charge >= 0.3 is 0 Å². The Balaban J connectivity index is 1.32. The van der Waals surface area contributed by atoms with E-state index in [9.17, 15) is 9.18 Å². The fourth-order valence-electron chi connectivity index (χ4n) is 6.95. The third-order valence-electron chi connectivity index (χ3n) is 9.22. The molecule has 2 saturated heterocycles. The van der Waals surface area contributed by atoms with Gasteiger partial charge in [0.2, 0.25) is 5.91 Å². The summed E-state index contributed by atoms with van der Waals surface area (Å²) in [5, 5.41) is 12.8. The molecule has 5 heterocycles. The summed E-state index contributed by atoms with van der Waals surface area (Å²) in [7, 11) is 0. The van der Waals surface area contributed by atoms with Crippen LogP contribution in [0.2, 0.25) is 0 Å².